The van der Waals surface area contributed by atoms with Gasteiger partial charge in [-0.15, -0.1) is 0 Å². The Bertz CT molecular complexity index is 815. The maximum absolute atomic E-state index is 5.44. The Hall–Kier alpha value is -2.30. The summed E-state index contributed by atoms with van der Waals surface area (Å²) in [6, 6.07) is 13.7. The van der Waals surface area contributed by atoms with E-state index in [1.165, 1.54) is 0 Å². The summed E-state index contributed by atoms with van der Waals surface area (Å²) in [5.41, 5.74) is 3.86. The van der Waals surface area contributed by atoms with Gasteiger partial charge in [0, 0.05) is 0 Å². The fourth-order valence-electron chi connectivity index (χ4n) is 2.36. The molecule has 5 nitrogen and oxygen atoms in total. The first-order valence-corrected chi connectivity index (χ1v) is 8.25. The zero-order chi connectivity index (χ0) is 14.9. The van der Waals surface area contributed by atoms with Crippen LogP contribution in [0.1, 0.15) is 0 Å². The number of hydrogen-bond acceptors (Lipinski definition) is 5. The summed E-state index contributed by atoms with van der Waals surface area (Å²) in [5.74, 6) is 2.36. The van der Waals surface area contributed by atoms with Gasteiger partial charge in [-0.25, -0.2) is 0 Å². The predicted octanol–water partition coefficient (Wildman–Crippen LogP) is 2.60. The van der Waals surface area contributed by atoms with Gasteiger partial charge in [0.25, 0.3) is 0 Å². The SMILES string of the molecule is COc1ccc(-c2n[se]nc2-c2ccc3c(c2)OCO3)cc1. The number of aromatic nitrogens is 2. The molecule has 6 heteroatoms. The molecule has 0 radical (unpaired) electrons. The first kappa shape index (κ1) is 13.4. The van der Waals surface area contributed by atoms with Crippen molar-refractivity contribution in [3.05, 3.63) is 42.5 Å². The quantitative estimate of drug-likeness (QED) is 0.673. The van der Waals surface area contributed by atoms with E-state index in [1.807, 2.05) is 42.5 Å². The number of nitrogens with zero attached hydrogens (tertiary/aromatic N) is 2. The molecular weight excluding hydrogens is 347 g/mol. The van der Waals surface area contributed by atoms with Gasteiger partial charge in [0.1, 0.15) is 0 Å². The van der Waals surface area contributed by atoms with Crippen LogP contribution in [0.5, 0.6) is 17.2 Å². The molecule has 0 atom stereocenters. The van der Waals surface area contributed by atoms with Crippen molar-refractivity contribution in [1.29, 1.82) is 0 Å². The van der Waals surface area contributed by atoms with E-state index < -0.39 is 0 Å². The van der Waals surface area contributed by atoms with E-state index in [1.54, 1.807) is 7.11 Å². The van der Waals surface area contributed by atoms with Gasteiger partial charge in [-0.1, -0.05) is 0 Å². The fourth-order valence-corrected chi connectivity index (χ4v) is 3.59. The molecule has 1 aliphatic heterocycles. The molecule has 0 saturated carbocycles. The molecule has 0 unspecified atom stereocenters. The molecule has 22 heavy (non-hydrogen) atoms. The topological polar surface area (TPSA) is 53.5 Å². The van der Waals surface area contributed by atoms with Crippen LogP contribution in [-0.2, 0) is 0 Å². The van der Waals surface area contributed by atoms with Crippen LogP contribution in [0.4, 0.5) is 0 Å². The fraction of sp³-hybridized carbons (Fsp3) is 0.125. The third-order valence-corrected chi connectivity index (χ3v) is 4.61. The van der Waals surface area contributed by atoms with E-state index in [4.69, 9.17) is 14.2 Å². The van der Waals surface area contributed by atoms with Crippen molar-refractivity contribution in [3.63, 3.8) is 0 Å². The van der Waals surface area contributed by atoms with E-state index in [0.717, 1.165) is 39.8 Å². The predicted molar refractivity (Wildman–Crippen MR) is 82.5 cm³/mol. The van der Waals surface area contributed by atoms with Gasteiger partial charge in [0.05, 0.1) is 0 Å². The third kappa shape index (κ3) is 2.26. The van der Waals surface area contributed by atoms with Gasteiger partial charge in [-0.3, -0.25) is 0 Å². The summed E-state index contributed by atoms with van der Waals surface area (Å²) in [6.07, 6.45) is 0. The maximum atomic E-state index is 5.44. The molecule has 2 aromatic carbocycles. The molecule has 0 amide bonds. The second-order valence-corrected chi connectivity index (χ2v) is 5.87. The molecule has 0 aliphatic carbocycles. The van der Waals surface area contributed by atoms with Crippen molar-refractivity contribution in [1.82, 2.24) is 7.96 Å². The summed E-state index contributed by atoms with van der Waals surface area (Å²) in [4.78, 5) is 0. The second kappa shape index (κ2) is 5.48. The first-order valence-electron chi connectivity index (χ1n) is 6.72. The van der Waals surface area contributed by atoms with E-state index in [-0.39, 0.29) is 21.8 Å². The number of methoxy groups -OCH3 is 1. The summed E-state index contributed by atoms with van der Waals surface area (Å²) in [7, 11) is 1.66. The van der Waals surface area contributed by atoms with E-state index in [2.05, 4.69) is 7.96 Å². The number of ether oxygens (including phenoxy) is 3. The molecule has 0 N–H and O–H groups in total. The third-order valence-electron chi connectivity index (χ3n) is 3.50. The number of hydrogen-bond donors (Lipinski definition) is 0. The van der Waals surface area contributed by atoms with Crippen molar-refractivity contribution < 1.29 is 14.2 Å². The molecule has 1 aromatic heterocycles. The zero-order valence-corrected chi connectivity index (χ0v) is 13.5. The van der Waals surface area contributed by atoms with E-state index in [9.17, 15) is 0 Å². The summed E-state index contributed by atoms with van der Waals surface area (Å²) in [6.45, 7) is 0.272. The van der Waals surface area contributed by atoms with Gasteiger partial charge in [0.15, 0.2) is 0 Å². The van der Waals surface area contributed by atoms with E-state index >= 15 is 0 Å². The van der Waals surface area contributed by atoms with Crippen LogP contribution < -0.4 is 14.2 Å². The minimum atomic E-state index is -0.110. The minimum absolute atomic E-state index is 0.110. The first-order chi connectivity index (χ1) is 10.8. The molecule has 1 aliphatic rings. The Kier molecular flexibility index (Phi) is 3.33. The number of benzene rings is 2. The number of fused-ring (bicyclic) bond motifs is 1. The van der Waals surface area contributed by atoms with Crippen LogP contribution in [0, 0.1) is 0 Å². The average Bonchev–Trinajstić information content (AvgIpc) is 3.23. The Morgan fingerprint density at radius 2 is 1.59 bits per heavy atom. The Labute approximate surface area is 133 Å². The summed E-state index contributed by atoms with van der Waals surface area (Å²) < 4.78 is 25.1. The van der Waals surface area contributed by atoms with Crippen molar-refractivity contribution in [3.8, 4) is 39.8 Å². The van der Waals surface area contributed by atoms with Gasteiger partial charge in [-0.05, 0) is 0 Å². The number of rotatable bonds is 3. The molecular formula is C16H12N2O3Se. The van der Waals surface area contributed by atoms with Crippen molar-refractivity contribution in [2.75, 3.05) is 13.9 Å². The molecule has 0 saturated heterocycles. The normalized spacial score (nSPS) is 12.4. The van der Waals surface area contributed by atoms with Crippen LogP contribution >= 0.6 is 0 Å². The van der Waals surface area contributed by atoms with Gasteiger partial charge < -0.3 is 0 Å². The van der Waals surface area contributed by atoms with Gasteiger partial charge >= 0.3 is 133 Å². The van der Waals surface area contributed by atoms with E-state index in [0.29, 0.717) is 0 Å². The average molecular weight is 359 g/mol. The molecule has 0 bridgehead atoms. The molecule has 3 aromatic rings. The summed E-state index contributed by atoms with van der Waals surface area (Å²) >= 11 is -0.110. The van der Waals surface area contributed by atoms with Crippen LogP contribution in [-0.4, -0.2) is 36.8 Å². The van der Waals surface area contributed by atoms with Crippen LogP contribution in [0.3, 0.4) is 0 Å². The molecule has 0 spiro atoms. The van der Waals surface area contributed by atoms with Crippen LogP contribution in [0.15, 0.2) is 42.5 Å². The Morgan fingerprint density at radius 1 is 0.909 bits per heavy atom. The van der Waals surface area contributed by atoms with Crippen molar-refractivity contribution >= 4 is 15.0 Å². The second-order valence-electron chi connectivity index (χ2n) is 4.76. The molecule has 110 valence electrons. The monoisotopic (exact) mass is 360 g/mol. The molecule has 2 heterocycles. The Balaban J connectivity index is 1.76. The molecule has 0 fully saturated rings. The van der Waals surface area contributed by atoms with Crippen molar-refractivity contribution in [2.45, 2.75) is 0 Å². The van der Waals surface area contributed by atoms with Crippen molar-refractivity contribution in [2.24, 2.45) is 0 Å². The standard InChI is InChI=1S/C16H12N2O3Se/c1-19-12-5-2-10(3-6-12)15-16(18-22-17-15)11-4-7-13-14(8-11)21-9-20-13/h2-8H,9H2,1H3. The van der Waals surface area contributed by atoms with Crippen LogP contribution in [0.25, 0.3) is 22.5 Å². The summed E-state index contributed by atoms with van der Waals surface area (Å²) in [5, 5.41) is 0. The zero-order valence-electron chi connectivity index (χ0n) is 11.8. The molecule has 4 rings (SSSR count). The van der Waals surface area contributed by atoms with Crippen LogP contribution in [0.2, 0.25) is 0 Å². The Morgan fingerprint density at radius 3 is 2.36 bits per heavy atom. The van der Waals surface area contributed by atoms with Gasteiger partial charge in [-0.2, -0.15) is 0 Å². The van der Waals surface area contributed by atoms with Gasteiger partial charge in [0.2, 0.25) is 0 Å².